The molecule has 3 rings (SSSR count). The number of aryl methyl sites for hydroxylation is 1. The van der Waals surface area contributed by atoms with Crippen LogP contribution in [0.5, 0.6) is 0 Å². The number of nitrogens with one attached hydrogen (secondary N) is 1. The average molecular weight is 367 g/mol. The van der Waals surface area contributed by atoms with E-state index < -0.39 is 9.73 Å². The molecule has 0 aliphatic heterocycles. The molecule has 26 heavy (non-hydrogen) atoms. The summed E-state index contributed by atoms with van der Waals surface area (Å²) in [5, 5.41) is 11.9. The third-order valence-corrected chi connectivity index (χ3v) is 5.92. The Morgan fingerprint density at radius 2 is 1.92 bits per heavy atom. The van der Waals surface area contributed by atoms with E-state index in [4.69, 9.17) is 5.26 Å². The summed E-state index contributed by atoms with van der Waals surface area (Å²) in [5.74, 6) is 0.396. The molecular formula is C18H17N5O2S. The van der Waals surface area contributed by atoms with Crippen molar-refractivity contribution in [2.75, 3.05) is 13.3 Å². The summed E-state index contributed by atoms with van der Waals surface area (Å²) in [5.41, 5.74) is 2.21. The van der Waals surface area contributed by atoms with Gasteiger partial charge in [-0.15, -0.1) is 0 Å². The fourth-order valence-electron chi connectivity index (χ4n) is 2.59. The van der Waals surface area contributed by atoms with Crippen molar-refractivity contribution in [3.05, 3.63) is 64.2 Å². The molecule has 0 aliphatic carbocycles. The highest BCUT2D eigenvalue weighted by Gasteiger charge is 2.15. The van der Waals surface area contributed by atoms with Gasteiger partial charge in [0.25, 0.3) is 5.56 Å². The molecule has 2 aromatic heterocycles. The maximum Gasteiger partial charge on any atom is 0.280 e. The van der Waals surface area contributed by atoms with Crippen LogP contribution in [0.15, 0.2) is 56.6 Å². The molecule has 0 fully saturated rings. The molecule has 2 heterocycles. The number of rotatable bonds is 3. The van der Waals surface area contributed by atoms with Gasteiger partial charge in [0, 0.05) is 25.2 Å². The minimum Gasteiger partial charge on any atom is -0.293 e. The lowest BCUT2D eigenvalue weighted by atomic mass is 10.1. The molecule has 1 N–H and O–H groups in total. The van der Waals surface area contributed by atoms with Gasteiger partial charge in [0.1, 0.15) is 0 Å². The minimum absolute atomic E-state index is 0.245. The van der Waals surface area contributed by atoms with E-state index in [0.717, 1.165) is 5.56 Å². The van der Waals surface area contributed by atoms with Crippen LogP contribution in [0.4, 0.5) is 0 Å². The second-order valence-corrected chi connectivity index (χ2v) is 8.22. The highest BCUT2D eigenvalue weighted by atomic mass is 32.2. The number of aromatic nitrogens is 3. The first-order chi connectivity index (χ1) is 12.4. The van der Waals surface area contributed by atoms with Gasteiger partial charge in [0.15, 0.2) is 5.82 Å². The topological polar surface area (TPSA) is 104 Å². The van der Waals surface area contributed by atoms with Gasteiger partial charge in [-0.3, -0.25) is 9.89 Å². The van der Waals surface area contributed by atoms with Crippen molar-refractivity contribution in [1.29, 1.82) is 5.26 Å². The fourth-order valence-corrected chi connectivity index (χ4v) is 3.37. The van der Waals surface area contributed by atoms with E-state index >= 15 is 0 Å². The van der Waals surface area contributed by atoms with Crippen molar-refractivity contribution >= 4 is 9.73 Å². The highest BCUT2D eigenvalue weighted by Crippen LogP contribution is 2.20. The lowest BCUT2D eigenvalue weighted by Gasteiger charge is -2.04. The van der Waals surface area contributed by atoms with Crippen LogP contribution in [0.25, 0.3) is 16.9 Å². The van der Waals surface area contributed by atoms with Gasteiger partial charge in [-0.25, -0.2) is 18.2 Å². The van der Waals surface area contributed by atoms with Gasteiger partial charge < -0.3 is 0 Å². The molecule has 0 radical (unpaired) electrons. The van der Waals surface area contributed by atoms with Crippen LogP contribution >= 0.6 is 0 Å². The summed E-state index contributed by atoms with van der Waals surface area (Å²) in [6.07, 6.45) is 3.01. The van der Waals surface area contributed by atoms with Gasteiger partial charge in [-0.05, 0) is 36.8 Å². The number of hydrogen-bond acceptors (Lipinski definition) is 5. The molecule has 0 saturated carbocycles. The minimum atomic E-state index is -2.47. The Balaban J connectivity index is 2.07. The quantitative estimate of drug-likeness (QED) is 0.768. The summed E-state index contributed by atoms with van der Waals surface area (Å²) in [4.78, 5) is 17.6. The summed E-state index contributed by atoms with van der Waals surface area (Å²) in [6, 6.07) is 12.2. The van der Waals surface area contributed by atoms with Crippen LogP contribution < -0.4 is 5.56 Å². The molecule has 0 aliphatic rings. The van der Waals surface area contributed by atoms with Crippen molar-refractivity contribution < 1.29 is 4.21 Å². The summed E-state index contributed by atoms with van der Waals surface area (Å²) < 4.78 is 17.5. The molecule has 8 heteroatoms. The molecule has 1 atom stereocenters. The van der Waals surface area contributed by atoms with E-state index in [0.29, 0.717) is 27.5 Å². The second-order valence-electron chi connectivity index (χ2n) is 5.78. The summed E-state index contributed by atoms with van der Waals surface area (Å²) in [6.45, 7) is 1.80. The van der Waals surface area contributed by atoms with Gasteiger partial charge >= 0.3 is 0 Å². The Bertz CT molecular complexity index is 1170. The van der Waals surface area contributed by atoms with Crippen molar-refractivity contribution in [2.24, 2.45) is 4.36 Å². The Morgan fingerprint density at radius 1 is 1.23 bits per heavy atom. The van der Waals surface area contributed by atoms with Crippen molar-refractivity contribution in [2.45, 2.75) is 11.8 Å². The number of benzene rings is 1. The van der Waals surface area contributed by atoms with Crippen molar-refractivity contribution in [3.63, 3.8) is 0 Å². The number of nitriles is 1. The van der Waals surface area contributed by atoms with E-state index in [9.17, 15) is 9.00 Å². The predicted molar refractivity (Wildman–Crippen MR) is 99.8 cm³/mol. The standard InChI is InChI=1S/C18H17N5O2S/c1-12-17(14-6-4-13(10-19)5-7-14)18(24)23(22-12)16-9-8-15(11-21-16)26(3,25)20-2/h4-9,11,22H,1-3H3. The van der Waals surface area contributed by atoms with E-state index in [1.54, 1.807) is 43.3 Å². The number of hydrogen-bond donors (Lipinski definition) is 1. The zero-order chi connectivity index (χ0) is 18.9. The SMILES string of the molecule is CN=S(C)(=O)c1ccc(-n2[nH]c(C)c(-c3ccc(C#N)cc3)c2=O)nc1. The molecule has 0 spiro atoms. The summed E-state index contributed by atoms with van der Waals surface area (Å²) >= 11 is 0. The van der Waals surface area contributed by atoms with Crippen molar-refractivity contribution in [1.82, 2.24) is 14.8 Å². The maximum absolute atomic E-state index is 12.8. The van der Waals surface area contributed by atoms with E-state index in [2.05, 4.69) is 20.5 Å². The first-order valence-electron chi connectivity index (χ1n) is 7.76. The lowest BCUT2D eigenvalue weighted by Crippen LogP contribution is -2.17. The summed E-state index contributed by atoms with van der Waals surface area (Å²) in [7, 11) is -0.972. The van der Waals surface area contributed by atoms with Crippen LogP contribution in [-0.2, 0) is 9.73 Å². The Kier molecular flexibility index (Phi) is 4.49. The molecule has 0 amide bonds. The fraction of sp³-hybridized carbons (Fsp3) is 0.167. The van der Waals surface area contributed by atoms with Gasteiger partial charge in [-0.1, -0.05) is 12.1 Å². The van der Waals surface area contributed by atoms with Crippen molar-refractivity contribution in [3.8, 4) is 23.0 Å². The van der Waals surface area contributed by atoms with Gasteiger partial charge in [0.05, 0.1) is 31.8 Å². The first kappa shape index (κ1) is 17.6. The molecule has 7 nitrogen and oxygen atoms in total. The molecule has 1 aromatic carbocycles. The van der Waals surface area contributed by atoms with E-state index in [-0.39, 0.29) is 5.56 Å². The normalized spacial score (nSPS) is 13.0. The number of pyridine rings is 1. The van der Waals surface area contributed by atoms with E-state index in [1.165, 1.54) is 24.2 Å². The maximum atomic E-state index is 12.8. The van der Waals surface area contributed by atoms with Gasteiger partial charge in [-0.2, -0.15) is 5.26 Å². The monoisotopic (exact) mass is 367 g/mol. The third-order valence-electron chi connectivity index (χ3n) is 4.11. The van der Waals surface area contributed by atoms with Gasteiger partial charge in [0.2, 0.25) is 0 Å². The smallest absolute Gasteiger partial charge is 0.280 e. The average Bonchev–Trinajstić information content (AvgIpc) is 2.96. The molecular weight excluding hydrogens is 350 g/mol. The zero-order valence-electron chi connectivity index (χ0n) is 14.6. The Hall–Kier alpha value is -3.18. The van der Waals surface area contributed by atoms with Crippen LogP contribution in [0.2, 0.25) is 0 Å². The molecule has 0 bridgehead atoms. The van der Waals surface area contributed by atoms with E-state index in [1.807, 2.05) is 0 Å². The molecule has 132 valence electrons. The highest BCUT2D eigenvalue weighted by molar-refractivity contribution is 7.93. The van der Waals surface area contributed by atoms with Crippen LogP contribution in [0.1, 0.15) is 11.3 Å². The number of nitrogens with zero attached hydrogens (tertiary/aromatic N) is 4. The van der Waals surface area contributed by atoms with Crippen LogP contribution in [0, 0.1) is 18.3 Å². The number of aromatic amines is 1. The third kappa shape index (κ3) is 3.05. The Morgan fingerprint density at radius 3 is 2.46 bits per heavy atom. The first-order valence-corrected chi connectivity index (χ1v) is 9.68. The molecule has 3 aromatic rings. The van der Waals surface area contributed by atoms with Crippen LogP contribution in [-0.4, -0.2) is 32.3 Å². The number of H-pyrrole nitrogens is 1. The zero-order valence-corrected chi connectivity index (χ0v) is 15.4. The molecule has 1 unspecified atom stereocenters. The van der Waals surface area contributed by atoms with Crippen LogP contribution in [0.3, 0.4) is 0 Å². The second kappa shape index (κ2) is 6.61. The molecule has 0 saturated heterocycles. The lowest BCUT2D eigenvalue weighted by molar-refractivity contribution is 0.679. The Labute approximate surface area is 151 Å². The largest absolute Gasteiger partial charge is 0.293 e. The predicted octanol–water partition coefficient (Wildman–Crippen LogP) is 2.49.